The van der Waals surface area contributed by atoms with Crippen molar-refractivity contribution in [1.82, 2.24) is 0 Å². The van der Waals surface area contributed by atoms with Gasteiger partial charge >= 0.3 is 5.97 Å². The predicted octanol–water partition coefficient (Wildman–Crippen LogP) is 1.81. The van der Waals surface area contributed by atoms with Gasteiger partial charge in [-0.1, -0.05) is 12.1 Å². The van der Waals surface area contributed by atoms with Gasteiger partial charge in [0.25, 0.3) is 0 Å². The van der Waals surface area contributed by atoms with Gasteiger partial charge in [0.2, 0.25) is 0 Å². The number of carbonyl (C=O) groups excluding carboxylic acids is 2. The molecule has 0 heterocycles. The normalized spacial score (nSPS) is 9.47. The van der Waals surface area contributed by atoms with Crippen molar-refractivity contribution in [1.29, 1.82) is 0 Å². The minimum absolute atomic E-state index is 0.183. The van der Waals surface area contributed by atoms with Crippen LogP contribution < -0.4 is 4.74 Å². The van der Waals surface area contributed by atoms with E-state index in [9.17, 15) is 9.59 Å². The number of hydrogen-bond acceptors (Lipinski definition) is 4. The van der Waals surface area contributed by atoms with Crippen LogP contribution in [0.25, 0.3) is 0 Å². The zero-order chi connectivity index (χ0) is 11.3. The van der Waals surface area contributed by atoms with Crippen LogP contribution in [-0.2, 0) is 9.53 Å². The third-order valence-electron chi connectivity index (χ3n) is 1.69. The molecule has 1 rings (SSSR count). The van der Waals surface area contributed by atoms with Crippen molar-refractivity contribution in [3.8, 4) is 5.75 Å². The van der Waals surface area contributed by atoms with Crippen LogP contribution in [0.1, 0.15) is 10.4 Å². The third kappa shape index (κ3) is 3.06. The van der Waals surface area contributed by atoms with Gasteiger partial charge in [-0.2, -0.15) is 0 Å². The van der Waals surface area contributed by atoms with Gasteiger partial charge in [-0.3, -0.25) is 4.79 Å². The fourth-order valence-electron chi connectivity index (χ4n) is 0.926. The molecule has 0 unspecified atom stereocenters. The Morgan fingerprint density at radius 3 is 2.87 bits per heavy atom. The van der Waals surface area contributed by atoms with Crippen LogP contribution in [-0.4, -0.2) is 26.0 Å². The molecule has 1 aromatic rings. The highest BCUT2D eigenvalue weighted by molar-refractivity contribution is 9.10. The summed E-state index contributed by atoms with van der Waals surface area (Å²) in [7, 11) is 1.28. The Hall–Kier alpha value is -1.36. The van der Waals surface area contributed by atoms with Crippen molar-refractivity contribution in [3.63, 3.8) is 0 Å². The van der Waals surface area contributed by atoms with Gasteiger partial charge in [-0.25, -0.2) is 4.79 Å². The molecule has 15 heavy (non-hydrogen) atoms. The lowest BCUT2D eigenvalue weighted by atomic mass is 10.2. The molecule has 0 saturated carbocycles. The second-order valence-electron chi connectivity index (χ2n) is 2.64. The van der Waals surface area contributed by atoms with Crippen molar-refractivity contribution in [2.24, 2.45) is 0 Å². The van der Waals surface area contributed by atoms with Gasteiger partial charge in [0.05, 0.1) is 11.6 Å². The van der Waals surface area contributed by atoms with Crippen LogP contribution in [0, 0.1) is 0 Å². The Morgan fingerprint density at radius 2 is 2.27 bits per heavy atom. The molecule has 0 aliphatic carbocycles. The summed E-state index contributed by atoms with van der Waals surface area (Å²) in [5, 5.41) is 0. The van der Waals surface area contributed by atoms with Crippen molar-refractivity contribution < 1.29 is 19.1 Å². The number of esters is 1. The number of ether oxygens (including phenoxy) is 2. The molecule has 1 aromatic carbocycles. The van der Waals surface area contributed by atoms with E-state index < -0.39 is 5.97 Å². The van der Waals surface area contributed by atoms with E-state index in [0.29, 0.717) is 22.1 Å². The van der Waals surface area contributed by atoms with Gasteiger partial charge in [-0.05, 0) is 22.0 Å². The lowest BCUT2D eigenvalue weighted by molar-refractivity contribution is -0.142. The minimum Gasteiger partial charge on any atom is -0.481 e. The Balaban J connectivity index is 2.77. The van der Waals surface area contributed by atoms with Gasteiger partial charge in [0.1, 0.15) is 5.75 Å². The standard InChI is InChI=1S/C10H9BrO4/c1-14-9(13)6-15-8-4-2-3-7(5-12)10(8)11/h2-5H,6H2,1H3. The number of carbonyl (C=O) groups is 2. The molecule has 0 fully saturated rings. The molecule has 0 spiro atoms. The highest BCUT2D eigenvalue weighted by atomic mass is 79.9. The zero-order valence-corrected chi connectivity index (χ0v) is 9.61. The molecule has 0 radical (unpaired) electrons. The van der Waals surface area contributed by atoms with Gasteiger partial charge < -0.3 is 9.47 Å². The first-order chi connectivity index (χ1) is 7.19. The Kier molecular flexibility index (Phi) is 4.30. The maximum atomic E-state index is 10.8. The molecule has 0 aliphatic rings. The monoisotopic (exact) mass is 272 g/mol. The molecule has 0 bridgehead atoms. The molecule has 0 N–H and O–H groups in total. The van der Waals surface area contributed by atoms with Gasteiger partial charge in [0.15, 0.2) is 12.9 Å². The van der Waals surface area contributed by atoms with Crippen LogP contribution in [0.15, 0.2) is 22.7 Å². The quantitative estimate of drug-likeness (QED) is 0.620. The second kappa shape index (κ2) is 5.50. The molecular weight excluding hydrogens is 264 g/mol. The summed E-state index contributed by atoms with van der Waals surface area (Å²) >= 11 is 3.21. The fraction of sp³-hybridized carbons (Fsp3) is 0.200. The predicted molar refractivity (Wildman–Crippen MR) is 57.0 cm³/mol. The zero-order valence-electron chi connectivity index (χ0n) is 8.03. The number of methoxy groups -OCH3 is 1. The van der Waals surface area contributed by atoms with E-state index in [1.165, 1.54) is 7.11 Å². The van der Waals surface area contributed by atoms with Crippen LogP contribution in [0.4, 0.5) is 0 Å². The molecule has 0 aliphatic heterocycles. The van der Waals surface area contributed by atoms with E-state index in [0.717, 1.165) is 0 Å². The third-order valence-corrected chi connectivity index (χ3v) is 2.54. The smallest absolute Gasteiger partial charge is 0.343 e. The van der Waals surface area contributed by atoms with E-state index in [-0.39, 0.29) is 6.61 Å². The lowest BCUT2D eigenvalue weighted by Gasteiger charge is -2.07. The summed E-state index contributed by atoms with van der Waals surface area (Å²) in [6.45, 7) is -0.183. The van der Waals surface area contributed by atoms with Gasteiger partial charge in [0, 0.05) is 5.56 Å². The topological polar surface area (TPSA) is 52.6 Å². The lowest BCUT2D eigenvalue weighted by Crippen LogP contribution is -2.12. The second-order valence-corrected chi connectivity index (χ2v) is 3.44. The summed E-state index contributed by atoms with van der Waals surface area (Å²) in [6.07, 6.45) is 0.703. The number of aldehydes is 1. The minimum atomic E-state index is -0.474. The molecule has 4 nitrogen and oxygen atoms in total. The summed E-state index contributed by atoms with van der Waals surface area (Å²) in [5.41, 5.74) is 0.470. The van der Waals surface area contributed by atoms with Crippen LogP contribution in [0.5, 0.6) is 5.75 Å². The molecular formula is C10H9BrO4. The van der Waals surface area contributed by atoms with Crippen molar-refractivity contribution >= 4 is 28.2 Å². The summed E-state index contributed by atoms with van der Waals surface area (Å²) in [4.78, 5) is 21.4. The molecule has 0 aromatic heterocycles. The van der Waals surface area contributed by atoms with E-state index in [2.05, 4.69) is 20.7 Å². The Morgan fingerprint density at radius 1 is 1.53 bits per heavy atom. The van der Waals surface area contributed by atoms with E-state index in [4.69, 9.17) is 4.74 Å². The average Bonchev–Trinajstić information content (AvgIpc) is 2.27. The number of rotatable bonds is 4. The van der Waals surface area contributed by atoms with Crippen molar-refractivity contribution in [2.75, 3.05) is 13.7 Å². The maximum absolute atomic E-state index is 10.8. The van der Waals surface area contributed by atoms with Crippen LogP contribution >= 0.6 is 15.9 Å². The fourth-order valence-corrected chi connectivity index (χ4v) is 1.40. The van der Waals surface area contributed by atoms with E-state index >= 15 is 0 Å². The number of benzene rings is 1. The highest BCUT2D eigenvalue weighted by Gasteiger charge is 2.08. The van der Waals surface area contributed by atoms with E-state index in [1.807, 2.05) is 0 Å². The number of halogens is 1. The summed E-state index contributed by atoms with van der Waals surface area (Å²) in [6, 6.07) is 4.96. The van der Waals surface area contributed by atoms with Crippen molar-refractivity contribution in [2.45, 2.75) is 0 Å². The molecule has 80 valence electrons. The molecule has 0 atom stereocenters. The SMILES string of the molecule is COC(=O)COc1cccc(C=O)c1Br. The highest BCUT2D eigenvalue weighted by Crippen LogP contribution is 2.27. The first-order valence-corrected chi connectivity index (χ1v) is 4.91. The molecule has 0 saturated heterocycles. The first kappa shape index (κ1) is 11.7. The van der Waals surface area contributed by atoms with Crippen LogP contribution in [0.2, 0.25) is 0 Å². The molecule has 5 heteroatoms. The first-order valence-electron chi connectivity index (χ1n) is 4.12. The number of hydrogen-bond donors (Lipinski definition) is 0. The average molecular weight is 273 g/mol. The Bertz CT molecular complexity index is 376. The maximum Gasteiger partial charge on any atom is 0.343 e. The van der Waals surface area contributed by atoms with E-state index in [1.54, 1.807) is 18.2 Å². The van der Waals surface area contributed by atoms with Gasteiger partial charge in [-0.15, -0.1) is 0 Å². The van der Waals surface area contributed by atoms with Crippen LogP contribution in [0.3, 0.4) is 0 Å². The van der Waals surface area contributed by atoms with Crippen molar-refractivity contribution in [3.05, 3.63) is 28.2 Å². The largest absolute Gasteiger partial charge is 0.481 e. The Labute approximate surface area is 95.3 Å². The molecule has 0 amide bonds. The summed E-state index contributed by atoms with van der Waals surface area (Å²) < 4.78 is 10.1. The summed E-state index contributed by atoms with van der Waals surface area (Å²) in [5.74, 6) is -0.0385.